The SMILES string of the molecule is CCC(C)c1ncc[c-]c1-c1cccc(C(C)(C)c2cccc(-c3[c-]ccnc3C(C)CC)n2)n1.[Pt+2]. The third-order valence-corrected chi connectivity index (χ3v) is 6.99. The number of aromatic nitrogens is 4. The Morgan fingerprint density at radius 3 is 1.53 bits per heavy atom. The molecule has 188 valence electrons. The average molecular weight is 658 g/mol. The largest absolute Gasteiger partial charge is 2.00 e. The van der Waals surface area contributed by atoms with Crippen LogP contribution in [-0.2, 0) is 26.5 Å². The second-order valence-corrected chi connectivity index (χ2v) is 9.76. The third-order valence-electron chi connectivity index (χ3n) is 6.99. The van der Waals surface area contributed by atoms with E-state index in [9.17, 15) is 0 Å². The van der Waals surface area contributed by atoms with Gasteiger partial charge in [0.1, 0.15) is 0 Å². The van der Waals surface area contributed by atoms with E-state index >= 15 is 0 Å². The summed E-state index contributed by atoms with van der Waals surface area (Å²) in [7, 11) is 0. The summed E-state index contributed by atoms with van der Waals surface area (Å²) >= 11 is 0. The van der Waals surface area contributed by atoms with Gasteiger partial charge in [0.15, 0.2) is 0 Å². The van der Waals surface area contributed by atoms with E-state index in [4.69, 9.17) is 9.97 Å². The Bertz CT molecular complexity index is 1200. The zero-order valence-electron chi connectivity index (χ0n) is 21.9. The van der Waals surface area contributed by atoms with E-state index in [1.165, 1.54) is 0 Å². The molecule has 0 aliphatic carbocycles. The van der Waals surface area contributed by atoms with Crippen LogP contribution in [0.2, 0.25) is 0 Å². The maximum absolute atomic E-state index is 5.10. The van der Waals surface area contributed by atoms with E-state index in [1.54, 1.807) is 0 Å². The predicted octanol–water partition coefficient (Wildman–Crippen LogP) is 7.55. The minimum atomic E-state index is -0.399. The van der Waals surface area contributed by atoms with E-state index in [2.05, 4.69) is 87.9 Å². The van der Waals surface area contributed by atoms with Crippen LogP contribution in [0.5, 0.6) is 0 Å². The maximum atomic E-state index is 5.10. The van der Waals surface area contributed by atoms with Crippen molar-refractivity contribution in [3.05, 3.63) is 95.8 Å². The van der Waals surface area contributed by atoms with Gasteiger partial charge in [0, 0.05) is 16.8 Å². The molecule has 0 radical (unpaired) electrons. The topological polar surface area (TPSA) is 51.6 Å². The van der Waals surface area contributed by atoms with E-state index in [-0.39, 0.29) is 21.1 Å². The van der Waals surface area contributed by atoms with E-state index in [0.717, 1.165) is 58.1 Å². The van der Waals surface area contributed by atoms with Crippen LogP contribution >= 0.6 is 0 Å². The van der Waals surface area contributed by atoms with Crippen LogP contribution in [-0.4, -0.2) is 19.9 Å². The van der Waals surface area contributed by atoms with Crippen LogP contribution in [0.3, 0.4) is 0 Å². The fourth-order valence-corrected chi connectivity index (χ4v) is 4.27. The predicted molar refractivity (Wildman–Crippen MR) is 142 cm³/mol. The molecule has 4 aromatic heterocycles. The Morgan fingerprint density at radius 2 is 1.14 bits per heavy atom. The smallest absolute Gasteiger partial charge is 0.356 e. The Kier molecular flexibility index (Phi) is 9.30. The van der Waals surface area contributed by atoms with Gasteiger partial charge in [0.05, 0.1) is 0 Å². The van der Waals surface area contributed by atoms with Gasteiger partial charge >= 0.3 is 21.1 Å². The van der Waals surface area contributed by atoms with Gasteiger partial charge in [-0.25, -0.2) is 0 Å². The molecule has 0 aliphatic rings. The minimum Gasteiger partial charge on any atom is -0.356 e. The summed E-state index contributed by atoms with van der Waals surface area (Å²) in [6, 6.07) is 22.9. The van der Waals surface area contributed by atoms with E-state index in [0.29, 0.717) is 11.8 Å². The van der Waals surface area contributed by atoms with Gasteiger partial charge in [-0.3, -0.25) is 0 Å². The Balaban J connectivity index is 0.00000361. The van der Waals surface area contributed by atoms with Crippen molar-refractivity contribution in [2.75, 3.05) is 0 Å². The van der Waals surface area contributed by atoms with Gasteiger partial charge in [0.25, 0.3) is 0 Å². The summed E-state index contributed by atoms with van der Waals surface area (Å²) < 4.78 is 0. The molecule has 4 heterocycles. The molecule has 0 N–H and O–H groups in total. The molecule has 5 heteroatoms. The Labute approximate surface area is 230 Å². The first-order valence-electron chi connectivity index (χ1n) is 12.6. The molecule has 4 aromatic rings. The van der Waals surface area contributed by atoms with E-state index < -0.39 is 5.41 Å². The van der Waals surface area contributed by atoms with Gasteiger partial charge in [-0.2, -0.15) is 0 Å². The summed E-state index contributed by atoms with van der Waals surface area (Å²) in [5.41, 5.74) is 7.36. The van der Waals surface area contributed by atoms with Crippen molar-refractivity contribution >= 4 is 0 Å². The summed E-state index contributed by atoms with van der Waals surface area (Å²) in [5, 5.41) is 0. The summed E-state index contributed by atoms with van der Waals surface area (Å²) in [5.74, 6) is 0.685. The minimum absolute atomic E-state index is 0. The summed E-state index contributed by atoms with van der Waals surface area (Å²) in [6.07, 6.45) is 5.67. The fraction of sp³-hybridized carbons (Fsp3) is 0.355. The molecule has 0 saturated carbocycles. The van der Waals surface area contributed by atoms with Gasteiger partial charge in [0.2, 0.25) is 0 Å². The first-order chi connectivity index (χ1) is 16.9. The van der Waals surface area contributed by atoms with Gasteiger partial charge < -0.3 is 19.9 Å². The molecule has 0 saturated heterocycles. The second kappa shape index (κ2) is 12.0. The van der Waals surface area contributed by atoms with Crippen LogP contribution in [0.1, 0.15) is 89.0 Å². The molecule has 4 nitrogen and oxygen atoms in total. The van der Waals surface area contributed by atoms with Crippen LogP contribution < -0.4 is 0 Å². The van der Waals surface area contributed by atoms with Crippen LogP contribution in [0.15, 0.2) is 60.9 Å². The molecule has 0 aliphatic heterocycles. The summed E-state index contributed by atoms with van der Waals surface area (Å²) in [4.78, 5) is 19.5. The molecule has 2 atom stereocenters. The zero-order valence-corrected chi connectivity index (χ0v) is 24.2. The molecule has 4 rings (SSSR count). The molecular formula is C31H34N4Pt. The molecule has 0 amide bonds. The first kappa shape index (κ1) is 27.9. The quantitative estimate of drug-likeness (QED) is 0.184. The van der Waals surface area contributed by atoms with Crippen molar-refractivity contribution in [1.82, 2.24) is 19.9 Å². The first-order valence-corrected chi connectivity index (χ1v) is 12.6. The average Bonchev–Trinajstić information content (AvgIpc) is 2.92. The van der Waals surface area contributed by atoms with Crippen molar-refractivity contribution in [3.8, 4) is 22.5 Å². The van der Waals surface area contributed by atoms with Crippen molar-refractivity contribution < 1.29 is 21.1 Å². The third kappa shape index (κ3) is 5.65. The van der Waals surface area contributed by atoms with Gasteiger partial charge in [-0.1, -0.05) is 77.2 Å². The number of pyridine rings is 4. The molecule has 0 bridgehead atoms. The molecule has 0 spiro atoms. The maximum Gasteiger partial charge on any atom is 2.00 e. The standard InChI is InChI=1S/C31H34N4.Pt/c1-7-21(3)29-23(13-11-19-32-29)25-15-9-17-27(34-25)31(5,6)28-18-10-16-26(35-28)24-14-12-20-33-30(24)22(4)8-2;/h9-12,15-22H,7-8H2,1-6H3;/q-2;+2. The van der Waals surface area contributed by atoms with Crippen molar-refractivity contribution in [1.29, 1.82) is 0 Å². The van der Waals surface area contributed by atoms with Crippen molar-refractivity contribution in [2.24, 2.45) is 0 Å². The zero-order chi connectivity index (χ0) is 25.0. The molecular weight excluding hydrogens is 623 g/mol. The molecule has 36 heavy (non-hydrogen) atoms. The Hall–Kier alpha value is -2.71. The van der Waals surface area contributed by atoms with Gasteiger partial charge in [-0.15, -0.1) is 35.4 Å². The fourth-order valence-electron chi connectivity index (χ4n) is 4.27. The number of rotatable bonds is 8. The van der Waals surface area contributed by atoms with E-state index in [1.807, 2.05) is 36.7 Å². The molecule has 0 aromatic carbocycles. The number of hydrogen-bond acceptors (Lipinski definition) is 4. The monoisotopic (exact) mass is 657 g/mol. The second-order valence-electron chi connectivity index (χ2n) is 9.76. The number of hydrogen-bond donors (Lipinski definition) is 0. The summed E-state index contributed by atoms with van der Waals surface area (Å²) in [6.45, 7) is 13.1. The van der Waals surface area contributed by atoms with Crippen LogP contribution in [0, 0.1) is 12.1 Å². The van der Waals surface area contributed by atoms with Gasteiger partial charge in [-0.05, 0) is 60.6 Å². The normalized spacial score (nSPS) is 13.1. The van der Waals surface area contributed by atoms with Crippen molar-refractivity contribution in [2.45, 2.75) is 71.6 Å². The van der Waals surface area contributed by atoms with Crippen LogP contribution in [0.4, 0.5) is 0 Å². The molecule has 2 unspecified atom stereocenters. The van der Waals surface area contributed by atoms with Crippen molar-refractivity contribution in [3.63, 3.8) is 0 Å². The Morgan fingerprint density at radius 1 is 0.722 bits per heavy atom. The number of nitrogens with zero attached hydrogens (tertiary/aromatic N) is 4. The van der Waals surface area contributed by atoms with Crippen LogP contribution in [0.25, 0.3) is 22.5 Å². The molecule has 0 fully saturated rings.